The molecule has 2 nitrogen and oxygen atoms in total. The first-order valence-corrected chi connectivity index (χ1v) is 4.65. The molecule has 2 aromatic heterocycles. The van der Waals surface area contributed by atoms with Gasteiger partial charge in [0.05, 0.1) is 17.1 Å². The van der Waals surface area contributed by atoms with Crippen molar-refractivity contribution < 1.29 is 13.2 Å². The summed E-state index contributed by atoms with van der Waals surface area (Å²) in [5.74, 6) is 0.184. The quantitative estimate of drug-likeness (QED) is 0.693. The van der Waals surface area contributed by atoms with E-state index in [1.807, 2.05) is 0 Å². The molecule has 0 radical (unpaired) electrons. The van der Waals surface area contributed by atoms with Gasteiger partial charge in [0.1, 0.15) is 5.65 Å². The van der Waals surface area contributed by atoms with Gasteiger partial charge in [-0.15, -0.1) is 11.6 Å². The predicted octanol–water partition coefficient (Wildman–Crippen LogP) is 3.09. The third kappa shape index (κ3) is 1.92. The van der Waals surface area contributed by atoms with Crippen LogP contribution in [0.15, 0.2) is 24.5 Å². The number of nitrogens with zero attached hydrogens (tertiary/aromatic N) is 2. The van der Waals surface area contributed by atoms with E-state index in [0.29, 0.717) is 5.69 Å². The summed E-state index contributed by atoms with van der Waals surface area (Å²) < 4.78 is 38.5. The average Bonchev–Trinajstić information content (AvgIpc) is 2.57. The van der Waals surface area contributed by atoms with Gasteiger partial charge < -0.3 is 4.40 Å². The van der Waals surface area contributed by atoms with E-state index in [1.165, 1.54) is 10.6 Å². The molecule has 0 fully saturated rings. The van der Waals surface area contributed by atoms with E-state index in [2.05, 4.69) is 4.98 Å². The van der Waals surface area contributed by atoms with Crippen LogP contribution in [-0.4, -0.2) is 9.38 Å². The predicted molar refractivity (Wildman–Crippen MR) is 49.8 cm³/mol. The molecule has 0 saturated carbocycles. The minimum atomic E-state index is -4.34. The van der Waals surface area contributed by atoms with Crippen molar-refractivity contribution in [3.05, 3.63) is 35.8 Å². The molecule has 6 heteroatoms. The van der Waals surface area contributed by atoms with Crippen LogP contribution in [0.5, 0.6) is 0 Å². The lowest BCUT2D eigenvalue weighted by Gasteiger charge is -2.05. The van der Waals surface area contributed by atoms with Crippen LogP contribution in [-0.2, 0) is 12.1 Å². The molecule has 0 N–H and O–H groups in total. The van der Waals surface area contributed by atoms with E-state index < -0.39 is 11.7 Å². The van der Waals surface area contributed by atoms with Crippen LogP contribution in [0.25, 0.3) is 5.65 Å². The van der Waals surface area contributed by atoms with E-state index in [4.69, 9.17) is 11.6 Å². The zero-order chi connectivity index (χ0) is 11.1. The lowest BCUT2D eigenvalue weighted by molar-refractivity contribution is -0.137. The Bertz CT molecular complexity index is 490. The largest absolute Gasteiger partial charge is 0.416 e. The highest BCUT2D eigenvalue weighted by Gasteiger charge is 2.30. The number of alkyl halides is 4. The van der Waals surface area contributed by atoms with Gasteiger partial charge in [0, 0.05) is 12.4 Å². The highest BCUT2D eigenvalue weighted by atomic mass is 35.5. The number of aromatic nitrogens is 2. The number of halogens is 4. The Kier molecular flexibility index (Phi) is 2.34. The maximum Gasteiger partial charge on any atom is 0.416 e. The van der Waals surface area contributed by atoms with Gasteiger partial charge in [-0.05, 0) is 12.1 Å². The topological polar surface area (TPSA) is 17.3 Å². The fourth-order valence-electron chi connectivity index (χ4n) is 1.28. The molecule has 0 aromatic carbocycles. The lowest BCUT2D eigenvalue weighted by atomic mass is 10.2. The fourth-order valence-corrected chi connectivity index (χ4v) is 1.40. The molecule has 0 amide bonds. The zero-order valence-corrected chi connectivity index (χ0v) is 8.18. The van der Waals surface area contributed by atoms with Crippen LogP contribution in [0, 0.1) is 0 Å². The summed E-state index contributed by atoms with van der Waals surface area (Å²) in [5, 5.41) is 0. The van der Waals surface area contributed by atoms with Gasteiger partial charge in [-0.2, -0.15) is 13.2 Å². The smallest absolute Gasteiger partial charge is 0.307 e. The van der Waals surface area contributed by atoms with Crippen molar-refractivity contribution in [3.8, 4) is 0 Å². The monoisotopic (exact) mass is 234 g/mol. The molecule has 0 saturated heterocycles. The number of hydrogen-bond donors (Lipinski definition) is 0. The number of hydrogen-bond acceptors (Lipinski definition) is 1. The van der Waals surface area contributed by atoms with E-state index in [0.717, 1.165) is 12.1 Å². The summed E-state index contributed by atoms with van der Waals surface area (Å²) in [4.78, 5) is 3.94. The second-order valence-corrected chi connectivity index (χ2v) is 3.31. The summed E-state index contributed by atoms with van der Waals surface area (Å²) in [6.07, 6.45) is -1.42. The van der Waals surface area contributed by atoms with E-state index >= 15 is 0 Å². The first kappa shape index (κ1) is 10.3. The van der Waals surface area contributed by atoms with Gasteiger partial charge in [-0.25, -0.2) is 4.98 Å². The van der Waals surface area contributed by atoms with Crippen molar-refractivity contribution in [3.63, 3.8) is 0 Å². The van der Waals surface area contributed by atoms with Crippen LogP contribution < -0.4 is 0 Å². The molecular weight excluding hydrogens is 229 g/mol. The maximum atomic E-state index is 12.3. The highest BCUT2D eigenvalue weighted by molar-refractivity contribution is 6.16. The van der Waals surface area contributed by atoms with E-state index in [-0.39, 0.29) is 11.5 Å². The van der Waals surface area contributed by atoms with Crippen molar-refractivity contribution in [2.24, 2.45) is 0 Å². The second kappa shape index (κ2) is 3.41. The molecule has 0 atom stereocenters. The Hall–Kier alpha value is -1.23. The third-order valence-electron chi connectivity index (χ3n) is 1.97. The molecule has 0 bridgehead atoms. The highest BCUT2D eigenvalue weighted by Crippen LogP contribution is 2.29. The zero-order valence-electron chi connectivity index (χ0n) is 7.42. The van der Waals surface area contributed by atoms with Crippen molar-refractivity contribution in [2.75, 3.05) is 0 Å². The molecule has 80 valence electrons. The Morgan fingerprint density at radius 3 is 2.73 bits per heavy atom. The van der Waals surface area contributed by atoms with Crippen LogP contribution >= 0.6 is 11.6 Å². The minimum Gasteiger partial charge on any atom is -0.307 e. The Labute approximate surface area is 88.3 Å². The summed E-state index contributed by atoms with van der Waals surface area (Å²) in [6, 6.07) is 2.00. The summed E-state index contributed by atoms with van der Waals surface area (Å²) in [5.41, 5.74) is 0.0955. The first-order valence-electron chi connectivity index (χ1n) is 4.11. The molecule has 0 aliphatic rings. The molecule has 0 aliphatic carbocycles. The molecule has 2 heterocycles. The number of pyridine rings is 1. The van der Waals surface area contributed by atoms with Gasteiger partial charge in [0.15, 0.2) is 0 Å². The van der Waals surface area contributed by atoms with Crippen molar-refractivity contribution in [2.45, 2.75) is 12.1 Å². The van der Waals surface area contributed by atoms with Gasteiger partial charge in [-0.1, -0.05) is 0 Å². The number of rotatable bonds is 1. The molecule has 2 rings (SSSR count). The summed E-state index contributed by atoms with van der Waals surface area (Å²) in [6.45, 7) is 0. The average molecular weight is 235 g/mol. The SMILES string of the molecule is FC(F)(F)c1ccn2cc(CCl)nc2c1. The Balaban J connectivity index is 2.55. The molecular formula is C9H6ClF3N2. The summed E-state index contributed by atoms with van der Waals surface area (Å²) >= 11 is 5.53. The minimum absolute atomic E-state index is 0.184. The van der Waals surface area contributed by atoms with Crippen molar-refractivity contribution in [1.29, 1.82) is 0 Å². The van der Waals surface area contributed by atoms with Gasteiger partial charge in [-0.3, -0.25) is 0 Å². The van der Waals surface area contributed by atoms with Crippen LogP contribution in [0.1, 0.15) is 11.3 Å². The molecule has 0 spiro atoms. The third-order valence-corrected chi connectivity index (χ3v) is 2.25. The fraction of sp³-hybridized carbons (Fsp3) is 0.222. The van der Waals surface area contributed by atoms with Crippen molar-refractivity contribution >= 4 is 17.2 Å². The Morgan fingerprint density at radius 2 is 2.13 bits per heavy atom. The number of imidazole rings is 1. The van der Waals surface area contributed by atoms with Crippen molar-refractivity contribution in [1.82, 2.24) is 9.38 Å². The molecule has 0 aliphatic heterocycles. The molecule has 0 unspecified atom stereocenters. The molecule has 2 aromatic rings. The normalized spacial score (nSPS) is 12.3. The van der Waals surface area contributed by atoms with Crippen LogP contribution in [0.2, 0.25) is 0 Å². The van der Waals surface area contributed by atoms with Gasteiger partial charge in [0.25, 0.3) is 0 Å². The van der Waals surface area contributed by atoms with Crippen LogP contribution in [0.3, 0.4) is 0 Å². The standard InChI is InChI=1S/C9H6ClF3N2/c10-4-7-5-15-2-1-6(9(11,12)13)3-8(15)14-7/h1-3,5H,4H2. The number of fused-ring (bicyclic) bond motifs is 1. The second-order valence-electron chi connectivity index (χ2n) is 3.04. The summed E-state index contributed by atoms with van der Waals surface area (Å²) in [7, 11) is 0. The van der Waals surface area contributed by atoms with Gasteiger partial charge in [0.2, 0.25) is 0 Å². The lowest BCUT2D eigenvalue weighted by Crippen LogP contribution is -2.05. The van der Waals surface area contributed by atoms with Gasteiger partial charge >= 0.3 is 6.18 Å². The maximum absolute atomic E-state index is 12.3. The first-order chi connectivity index (χ1) is 7.00. The van der Waals surface area contributed by atoms with Crippen LogP contribution in [0.4, 0.5) is 13.2 Å². The Morgan fingerprint density at radius 1 is 1.40 bits per heavy atom. The molecule has 15 heavy (non-hydrogen) atoms. The van der Waals surface area contributed by atoms with E-state index in [9.17, 15) is 13.2 Å². The van der Waals surface area contributed by atoms with E-state index in [1.54, 1.807) is 6.20 Å².